The maximum atomic E-state index is 12.4. The zero-order valence-corrected chi connectivity index (χ0v) is 14.7. The number of ether oxygens (including phenoxy) is 2. The first-order chi connectivity index (χ1) is 12.5. The van der Waals surface area contributed by atoms with Gasteiger partial charge in [0.1, 0.15) is 11.3 Å². The van der Waals surface area contributed by atoms with Gasteiger partial charge >= 0.3 is 5.97 Å². The molecule has 1 atom stereocenters. The first-order valence-electron chi connectivity index (χ1n) is 7.67. The van der Waals surface area contributed by atoms with Crippen LogP contribution in [0, 0.1) is 0 Å². The number of para-hydroxylation sites is 1. The molecule has 1 heterocycles. The third-order valence-corrected chi connectivity index (χ3v) is 3.89. The molecule has 0 saturated carbocycles. The molecule has 1 aromatic heterocycles. The molecule has 26 heavy (non-hydrogen) atoms. The number of oxazole rings is 1. The Hall–Kier alpha value is -3.06. The lowest BCUT2D eigenvalue weighted by Crippen LogP contribution is -2.30. The molecule has 8 heteroatoms. The van der Waals surface area contributed by atoms with E-state index in [1.807, 2.05) is 0 Å². The highest BCUT2D eigenvalue weighted by Crippen LogP contribution is 2.28. The topological polar surface area (TPSA) is 90.7 Å². The molecule has 0 aliphatic carbocycles. The summed E-state index contributed by atoms with van der Waals surface area (Å²) in [5.74, 6) is -0.759. The van der Waals surface area contributed by atoms with Crippen molar-refractivity contribution in [2.75, 3.05) is 12.4 Å². The summed E-state index contributed by atoms with van der Waals surface area (Å²) in [5.41, 5.74) is 1.43. The van der Waals surface area contributed by atoms with E-state index in [4.69, 9.17) is 25.5 Å². The summed E-state index contributed by atoms with van der Waals surface area (Å²) < 4.78 is 15.6. The molecule has 3 rings (SSSR count). The van der Waals surface area contributed by atoms with Crippen LogP contribution in [0.3, 0.4) is 0 Å². The molecular weight excluding hydrogens is 360 g/mol. The van der Waals surface area contributed by atoms with Gasteiger partial charge in [-0.05, 0) is 37.3 Å². The van der Waals surface area contributed by atoms with Crippen LogP contribution >= 0.6 is 11.6 Å². The number of methoxy groups -OCH3 is 1. The molecule has 7 nitrogen and oxygen atoms in total. The Morgan fingerprint density at radius 1 is 1.27 bits per heavy atom. The van der Waals surface area contributed by atoms with Crippen LogP contribution in [0.2, 0.25) is 5.02 Å². The van der Waals surface area contributed by atoms with Crippen LogP contribution in [0.25, 0.3) is 11.1 Å². The zero-order chi connectivity index (χ0) is 18.7. The SMILES string of the molecule is COc1ccc(Cl)cc1NC(=O)C(C)OC(=O)c1cccc2ocnc12. The summed E-state index contributed by atoms with van der Waals surface area (Å²) in [6.07, 6.45) is 0.191. The number of esters is 1. The molecule has 0 aliphatic rings. The molecular formula is C18H15ClN2O5. The van der Waals surface area contributed by atoms with Crippen molar-refractivity contribution >= 4 is 40.3 Å². The van der Waals surface area contributed by atoms with E-state index in [2.05, 4.69) is 10.3 Å². The molecule has 0 spiro atoms. The average molecular weight is 375 g/mol. The van der Waals surface area contributed by atoms with Gasteiger partial charge in [-0.1, -0.05) is 17.7 Å². The fraction of sp³-hybridized carbons (Fsp3) is 0.167. The Bertz CT molecular complexity index is 969. The van der Waals surface area contributed by atoms with Crippen LogP contribution < -0.4 is 10.1 Å². The van der Waals surface area contributed by atoms with Gasteiger partial charge in [0.15, 0.2) is 18.1 Å². The quantitative estimate of drug-likeness (QED) is 0.685. The standard InChI is InChI=1S/C18H15ClN2O5/c1-10(17(22)21-13-8-11(19)6-7-14(13)24-2)26-18(23)12-4-3-5-15-16(12)20-9-25-15/h3-10H,1-2H3,(H,21,22). The lowest BCUT2D eigenvalue weighted by molar-refractivity contribution is -0.123. The summed E-state index contributed by atoms with van der Waals surface area (Å²) in [6, 6.07) is 9.69. The number of hydrogen-bond donors (Lipinski definition) is 1. The van der Waals surface area contributed by atoms with E-state index in [0.29, 0.717) is 27.6 Å². The first-order valence-corrected chi connectivity index (χ1v) is 8.05. The van der Waals surface area contributed by atoms with E-state index in [-0.39, 0.29) is 5.56 Å². The number of aromatic nitrogens is 1. The summed E-state index contributed by atoms with van der Waals surface area (Å²) in [4.78, 5) is 28.7. The number of nitrogens with zero attached hydrogens (tertiary/aromatic N) is 1. The van der Waals surface area contributed by atoms with Crippen molar-refractivity contribution in [3.8, 4) is 5.75 Å². The second-order valence-electron chi connectivity index (χ2n) is 5.39. The molecule has 2 aromatic carbocycles. The molecule has 0 saturated heterocycles. The van der Waals surface area contributed by atoms with E-state index in [0.717, 1.165) is 0 Å². The second kappa shape index (κ2) is 7.45. The summed E-state index contributed by atoms with van der Waals surface area (Å²) in [5, 5.41) is 3.07. The molecule has 0 bridgehead atoms. The van der Waals surface area contributed by atoms with Gasteiger partial charge in [-0.2, -0.15) is 0 Å². The number of halogens is 1. The van der Waals surface area contributed by atoms with Crippen LogP contribution in [0.15, 0.2) is 47.2 Å². The normalized spacial score (nSPS) is 11.8. The highest BCUT2D eigenvalue weighted by atomic mass is 35.5. The van der Waals surface area contributed by atoms with Gasteiger partial charge in [-0.25, -0.2) is 9.78 Å². The van der Waals surface area contributed by atoms with Gasteiger partial charge in [0.2, 0.25) is 0 Å². The number of fused-ring (bicyclic) bond motifs is 1. The molecule has 0 fully saturated rings. The summed E-state index contributed by atoms with van der Waals surface area (Å²) in [6.45, 7) is 1.47. The smallest absolute Gasteiger partial charge is 0.341 e. The van der Waals surface area contributed by atoms with Crippen molar-refractivity contribution in [3.05, 3.63) is 53.4 Å². The van der Waals surface area contributed by atoms with Crippen LogP contribution in [0.1, 0.15) is 17.3 Å². The number of rotatable bonds is 5. The van der Waals surface area contributed by atoms with Crippen molar-refractivity contribution in [2.45, 2.75) is 13.0 Å². The minimum Gasteiger partial charge on any atom is -0.495 e. The summed E-state index contributed by atoms with van der Waals surface area (Å²) in [7, 11) is 1.47. The van der Waals surface area contributed by atoms with Crippen molar-refractivity contribution < 1.29 is 23.5 Å². The maximum absolute atomic E-state index is 12.4. The van der Waals surface area contributed by atoms with Gasteiger partial charge in [0, 0.05) is 5.02 Å². The van der Waals surface area contributed by atoms with E-state index in [1.165, 1.54) is 20.4 Å². The lowest BCUT2D eigenvalue weighted by atomic mass is 10.2. The molecule has 3 aromatic rings. The zero-order valence-electron chi connectivity index (χ0n) is 14.0. The number of amides is 1. The second-order valence-corrected chi connectivity index (χ2v) is 5.82. The Balaban J connectivity index is 1.72. The fourth-order valence-corrected chi connectivity index (χ4v) is 2.51. The number of carbonyl (C=O) groups is 2. The highest BCUT2D eigenvalue weighted by Gasteiger charge is 2.22. The molecule has 134 valence electrons. The van der Waals surface area contributed by atoms with Crippen LogP contribution in [-0.4, -0.2) is 30.1 Å². The molecule has 0 aliphatic heterocycles. The highest BCUT2D eigenvalue weighted by molar-refractivity contribution is 6.31. The van der Waals surface area contributed by atoms with Gasteiger partial charge < -0.3 is 19.2 Å². The predicted octanol–water partition coefficient (Wildman–Crippen LogP) is 3.67. The molecule has 1 amide bonds. The van der Waals surface area contributed by atoms with Crippen molar-refractivity contribution in [2.24, 2.45) is 0 Å². The van der Waals surface area contributed by atoms with Gasteiger partial charge in [-0.15, -0.1) is 0 Å². The Kier molecular flexibility index (Phi) is 5.09. The maximum Gasteiger partial charge on any atom is 0.341 e. The first kappa shape index (κ1) is 17.8. The Morgan fingerprint density at radius 3 is 2.85 bits per heavy atom. The van der Waals surface area contributed by atoms with E-state index in [1.54, 1.807) is 36.4 Å². The lowest BCUT2D eigenvalue weighted by Gasteiger charge is -2.15. The number of hydrogen-bond acceptors (Lipinski definition) is 6. The third kappa shape index (κ3) is 3.62. The third-order valence-electron chi connectivity index (χ3n) is 3.65. The predicted molar refractivity (Wildman–Crippen MR) is 95.5 cm³/mol. The Labute approximate surface area is 153 Å². The minimum atomic E-state index is -1.05. The summed E-state index contributed by atoms with van der Waals surface area (Å²) >= 11 is 5.94. The van der Waals surface area contributed by atoms with Crippen LogP contribution in [0.5, 0.6) is 5.75 Å². The van der Waals surface area contributed by atoms with E-state index >= 15 is 0 Å². The van der Waals surface area contributed by atoms with Crippen molar-refractivity contribution in [1.82, 2.24) is 4.98 Å². The number of nitrogens with one attached hydrogen (secondary N) is 1. The van der Waals surface area contributed by atoms with Gasteiger partial charge in [0.25, 0.3) is 5.91 Å². The number of anilines is 1. The fourth-order valence-electron chi connectivity index (χ4n) is 2.34. The van der Waals surface area contributed by atoms with E-state index < -0.39 is 18.0 Å². The van der Waals surface area contributed by atoms with Crippen molar-refractivity contribution in [1.29, 1.82) is 0 Å². The minimum absolute atomic E-state index is 0.219. The molecule has 0 radical (unpaired) electrons. The molecule has 1 N–H and O–H groups in total. The largest absolute Gasteiger partial charge is 0.495 e. The van der Waals surface area contributed by atoms with Crippen LogP contribution in [0.4, 0.5) is 5.69 Å². The van der Waals surface area contributed by atoms with Crippen LogP contribution in [-0.2, 0) is 9.53 Å². The monoisotopic (exact) mass is 374 g/mol. The van der Waals surface area contributed by atoms with Gasteiger partial charge in [-0.3, -0.25) is 4.79 Å². The number of benzene rings is 2. The number of carbonyl (C=O) groups excluding carboxylic acids is 2. The van der Waals surface area contributed by atoms with E-state index in [9.17, 15) is 9.59 Å². The average Bonchev–Trinajstić information content (AvgIpc) is 3.10. The van der Waals surface area contributed by atoms with Gasteiger partial charge in [0.05, 0.1) is 18.4 Å². The Morgan fingerprint density at radius 2 is 2.08 bits per heavy atom. The van der Waals surface area contributed by atoms with Crippen molar-refractivity contribution in [3.63, 3.8) is 0 Å². The molecule has 1 unspecified atom stereocenters.